The number of aromatic nitrogens is 1. The Morgan fingerprint density at radius 3 is 2.61 bits per heavy atom. The van der Waals surface area contributed by atoms with Crippen LogP contribution in [0.15, 0.2) is 78.9 Å². The summed E-state index contributed by atoms with van der Waals surface area (Å²) in [7, 11) is 0. The first-order valence-electron chi connectivity index (χ1n) is 12.0. The van der Waals surface area contributed by atoms with E-state index in [1.165, 1.54) is 0 Å². The van der Waals surface area contributed by atoms with Crippen molar-refractivity contribution in [3.8, 4) is 0 Å². The fourth-order valence-corrected chi connectivity index (χ4v) is 4.70. The first-order valence-corrected chi connectivity index (χ1v) is 12.3. The first kappa shape index (κ1) is 24.2. The Morgan fingerprint density at radius 2 is 1.78 bits per heavy atom. The molecule has 6 heteroatoms. The minimum atomic E-state index is -0.929. The highest BCUT2D eigenvalue weighted by Gasteiger charge is 2.36. The topological polar surface area (TPSA) is 68.7 Å². The Balaban J connectivity index is 1.40. The number of hydrogen-bond acceptors (Lipinski definition) is 4. The summed E-state index contributed by atoms with van der Waals surface area (Å²) in [5.41, 5.74) is 4.66. The van der Waals surface area contributed by atoms with Gasteiger partial charge in [0.1, 0.15) is 0 Å². The molecule has 1 saturated heterocycles. The zero-order valence-electron chi connectivity index (χ0n) is 19.7. The number of nitrogens with zero attached hydrogens (tertiary/aromatic N) is 1. The molecule has 3 aromatic carbocycles. The molecule has 1 fully saturated rings. The van der Waals surface area contributed by atoms with E-state index in [1.54, 1.807) is 12.1 Å². The number of hydrogen-bond donors (Lipinski definition) is 1. The summed E-state index contributed by atoms with van der Waals surface area (Å²) in [6, 6.07) is 24.8. The number of aromatic carboxylic acids is 1. The summed E-state index contributed by atoms with van der Waals surface area (Å²) >= 11 is 6.13. The molecule has 2 heterocycles. The van der Waals surface area contributed by atoms with Gasteiger partial charge in [-0.15, -0.1) is 0 Å². The SMILES string of the molecule is O=C(O)c1ccccc1CCC1(c2cccc(/C=C/c3ccc4ccc(Cl)cc4n3)c2)OCCCO1. The van der Waals surface area contributed by atoms with Crippen LogP contribution in [0.2, 0.25) is 5.02 Å². The third-order valence-electron chi connectivity index (χ3n) is 6.38. The van der Waals surface area contributed by atoms with Crippen LogP contribution in [0, 0.1) is 0 Å². The van der Waals surface area contributed by atoms with Crippen LogP contribution in [0.4, 0.5) is 0 Å². The Kier molecular flexibility index (Phi) is 7.14. The first-order chi connectivity index (χ1) is 17.5. The fraction of sp³-hybridized carbons (Fsp3) is 0.200. The number of aryl methyl sites for hydroxylation is 1. The molecule has 0 bridgehead atoms. The smallest absolute Gasteiger partial charge is 0.335 e. The second-order valence-corrected chi connectivity index (χ2v) is 9.23. The number of fused-ring (bicyclic) bond motifs is 1. The minimum Gasteiger partial charge on any atom is -0.478 e. The zero-order chi connectivity index (χ0) is 25.0. The van der Waals surface area contributed by atoms with Crippen molar-refractivity contribution in [2.45, 2.75) is 25.0 Å². The molecule has 0 spiro atoms. The van der Waals surface area contributed by atoms with Crippen molar-refractivity contribution in [1.82, 2.24) is 4.98 Å². The number of ether oxygens (including phenoxy) is 2. The lowest BCUT2D eigenvalue weighted by atomic mass is 9.93. The Morgan fingerprint density at radius 1 is 0.972 bits per heavy atom. The van der Waals surface area contributed by atoms with Gasteiger partial charge in [-0.1, -0.05) is 66.2 Å². The number of carbonyl (C=O) groups is 1. The maximum absolute atomic E-state index is 11.7. The normalized spacial score (nSPS) is 15.4. The van der Waals surface area contributed by atoms with E-state index in [0.717, 1.165) is 39.7 Å². The van der Waals surface area contributed by atoms with Gasteiger partial charge in [-0.05, 0) is 60.4 Å². The molecule has 36 heavy (non-hydrogen) atoms. The summed E-state index contributed by atoms with van der Waals surface area (Å²) < 4.78 is 12.5. The molecule has 1 aromatic heterocycles. The van der Waals surface area contributed by atoms with E-state index in [-0.39, 0.29) is 0 Å². The van der Waals surface area contributed by atoms with Crippen LogP contribution >= 0.6 is 11.6 Å². The monoisotopic (exact) mass is 499 g/mol. The largest absolute Gasteiger partial charge is 0.478 e. The average Bonchev–Trinajstić information content (AvgIpc) is 2.91. The number of pyridine rings is 1. The van der Waals surface area contributed by atoms with Crippen molar-refractivity contribution in [2.24, 2.45) is 0 Å². The maximum Gasteiger partial charge on any atom is 0.335 e. The molecule has 0 unspecified atom stereocenters. The molecular weight excluding hydrogens is 474 g/mol. The molecule has 0 radical (unpaired) electrons. The van der Waals surface area contributed by atoms with Crippen molar-refractivity contribution in [1.29, 1.82) is 0 Å². The summed E-state index contributed by atoms with van der Waals surface area (Å²) in [6.07, 6.45) is 5.84. The van der Waals surface area contributed by atoms with Gasteiger partial charge in [-0.2, -0.15) is 0 Å². The quantitative estimate of drug-likeness (QED) is 0.297. The van der Waals surface area contributed by atoms with Crippen molar-refractivity contribution >= 4 is 40.6 Å². The number of halogens is 1. The highest BCUT2D eigenvalue weighted by Crippen LogP contribution is 2.36. The second kappa shape index (κ2) is 10.6. The van der Waals surface area contributed by atoms with Crippen molar-refractivity contribution in [2.75, 3.05) is 13.2 Å². The molecule has 0 amide bonds. The van der Waals surface area contributed by atoms with Crippen LogP contribution in [0.25, 0.3) is 23.1 Å². The Bertz CT molecular complexity index is 1430. The average molecular weight is 500 g/mol. The summed E-state index contributed by atoms with van der Waals surface area (Å²) in [4.78, 5) is 16.4. The van der Waals surface area contributed by atoms with Crippen molar-refractivity contribution in [3.63, 3.8) is 0 Å². The lowest BCUT2D eigenvalue weighted by molar-refractivity contribution is -0.279. The zero-order valence-corrected chi connectivity index (χ0v) is 20.4. The van der Waals surface area contributed by atoms with Crippen LogP contribution < -0.4 is 0 Å². The number of carboxylic acids is 1. The van der Waals surface area contributed by atoms with E-state index in [2.05, 4.69) is 6.07 Å². The molecule has 0 aliphatic carbocycles. The van der Waals surface area contributed by atoms with Crippen LogP contribution in [-0.4, -0.2) is 29.3 Å². The minimum absolute atomic E-state index is 0.310. The van der Waals surface area contributed by atoms with E-state index in [0.29, 0.717) is 36.6 Å². The second-order valence-electron chi connectivity index (χ2n) is 8.80. The fourth-order valence-electron chi connectivity index (χ4n) is 4.54. The summed E-state index contributed by atoms with van der Waals surface area (Å²) in [6.45, 7) is 1.18. The molecule has 0 saturated carbocycles. The highest BCUT2D eigenvalue weighted by molar-refractivity contribution is 6.31. The van der Waals surface area contributed by atoms with Gasteiger partial charge < -0.3 is 14.6 Å². The van der Waals surface area contributed by atoms with Crippen molar-refractivity contribution in [3.05, 3.63) is 112 Å². The van der Waals surface area contributed by atoms with Gasteiger partial charge in [-0.3, -0.25) is 0 Å². The predicted molar refractivity (Wildman–Crippen MR) is 142 cm³/mol. The standard InChI is InChI=1S/C30H26ClNO4/c31-25-12-10-23-11-14-26(32-28(23)20-25)13-9-21-5-3-7-24(19-21)30(35-17-4-18-36-30)16-15-22-6-1-2-8-27(22)29(33)34/h1-3,5-14,19-20H,4,15-18H2,(H,33,34)/b13-9+. The molecule has 5 rings (SSSR count). The molecule has 1 aliphatic heterocycles. The molecule has 5 nitrogen and oxygen atoms in total. The van der Waals surface area contributed by atoms with E-state index in [1.807, 2.05) is 72.8 Å². The van der Waals surface area contributed by atoms with Gasteiger partial charge in [0.05, 0.1) is 30.0 Å². The number of benzene rings is 3. The molecular formula is C30H26ClNO4. The van der Waals surface area contributed by atoms with Crippen LogP contribution in [0.3, 0.4) is 0 Å². The maximum atomic E-state index is 11.7. The van der Waals surface area contributed by atoms with Gasteiger partial charge in [0.2, 0.25) is 0 Å². The van der Waals surface area contributed by atoms with E-state index < -0.39 is 11.8 Å². The van der Waals surface area contributed by atoms with Crippen LogP contribution in [0.1, 0.15) is 45.6 Å². The predicted octanol–water partition coefficient (Wildman–Crippen LogP) is 6.98. The van der Waals surface area contributed by atoms with Gasteiger partial charge in [0.15, 0.2) is 5.79 Å². The lowest BCUT2D eigenvalue weighted by Crippen LogP contribution is -2.38. The van der Waals surface area contributed by atoms with Crippen LogP contribution in [0.5, 0.6) is 0 Å². The number of rotatable bonds is 7. The van der Waals surface area contributed by atoms with Gasteiger partial charge >= 0.3 is 5.97 Å². The third-order valence-corrected chi connectivity index (χ3v) is 6.61. The van der Waals surface area contributed by atoms with Crippen LogP contribution in [-0.2, 0) is 21.7 Å². The Labute approximate surface area is 215 Å². The van der Waals surface area contributed by atoms with E-state index in [9.17, 15) is 9.90 Å². The lowest BCUT2D eigenvalue weighted by Gasteiger charge is -2.38. The molecule has 1 aliphatic rings. The van der Waals surface area contributed by atoms with Crippen molar-refractivity contribution < 1.29 is 19.4 Å². The van der Waals surface area contributed by atoms with E-state index >= 15 is 0 Å². The van der Waals surface area contributed by atoms with Gasteiger partial charge in [0.25, 0.3) is 0 Å². The molecule has 182 valence electrons. The highest BCUT2D eigenvalue weighted by atomic mass is 35.5. The molecule has 4 aromatic rings. The third kappa shape index (κ3) is 5.34. The molecule has 1 N–H and O–H groups in total. The van der Waals surface area contributed by atoms with E-state index in [4.69, 9.17) is 26.1 Å². The Hall–Kier alpha value is -3.51. The molecule has 0 atom stereocenters. The summed E-state index contributed by atoms with van der Waals surface area (Å²) in [5, 5.41) is 11.3. The van der Waals surface area contributed by atoms with Gasteiger partial charge in [-0.25, -0.2) is 9.78 Å². The van der Waals surface area contributed by atoms with Gasteiger partial charge in [0, 0.05) is 22.4 Å². The number of carboxylic acid groups (broad SMARTS) is 1. The summed E-state index contributed by atoms with van der Waals surface area (Å²) in [5.74, 6) is -1.85.